The molecule has 2 atom stereocenters. The maximum atomic E-state index is 9.76. The van der Waals surface area contributed by atoms with Crippen molar-refractivity contribution in [3.8, 4) is 0 Å². The molecule has 0 rings (SSSR count). The van der Waals surface area contributed by atoms with Crippen LogP contribution in [0.5, 0.6) is 0 Å². The number of hydrogen-bond acceptors (Lipinski definition) is 3. The van der Waals surface area contributed by atoms with E-state index < -0.39 is 0 Å². The summed E-state index contributed by atoms with van der Waals surface area (Å²) in [5, 5.41) is 19.5. The summed E-state index contributed by atoms with van der Waals surface area (Å²) >= 11 is 0. The molecule has 0 aliphatic rings. The van der Waals surface area contributed by atoms with E-state index in [0.29, 0.717) is 13.1 Å². The largest absolute Gasteiger partial charge is 0.392 e. The van der Waals surface area contributed by atoms with Gasteiger partial charge in [-0.25, -0.2) is 0 Å². The number of unbranched alkanes of at least 4 members (excludes halogenated alkanes) is 5. The van der Waals surface area contributed by atoms with Gasteiger partial charge in [-0.3, -0.25) is 4.90 Å². The Balaban J connectivity index is 3.84. The van der Waals surface area contributed by atoms with E-state index in [1.807, 2.05) is 13.8 Å². The number of hydrogen-bond donors (Lipinski definition) is 2. The van der Waals surface area contributed by atoms with Crippen molar-refractivity contribution < 1.29 is 10.2 Å². The second-order valence-corrected chi connectivity index (χ2v) is 5.65. The van der Waals surface area contributed by atoms with Crippen molar-refractivity contribution in [3.05, 3.63) is 0 Å². The van der Waals surface area contributed by atoms with E-state index in [1.165, 1.54) is 38.5 Å². The second-order valence-electron chi connectivity index (χ2n) is 5.65. The standard InChI is InChI=1S/C16H35NO2/c1-4-7-8-9-10-11-12-17(13-15(18)5-2)14-16(19)6-3/h15-16,18-19H,4-14H2,1-3H3. The normalized spacial score (nSPS) is 14.8. The Hall–Kier alpha value is -0.120. The zero-order valence-corrected chi connectivity index (χ0v) is 13.3. The van der Waals surface area contributed by atoms with E-state index in [9.17, 15) is 10.2 Å². The van der Waals surface area contributed by atoms with Crippen LogP contribution in [0.3, 0.4) is 0 Å². The van der Waals surface area contributed by atoms with Gasteiger partial charge < -0.3 is 10.2 Å². The molecule has 0 bridgehead atoms. The molecule has 0 aliphatic heterocycles. The van der Waals surface area contributed by atoms with Crippen molar-refractivity contribution in [1.82, 2.24) is 4.90 Å². The predicted molar refractivity (Wildman–Crippen MR) is 82.4 cm³/mol. The van der Waals surface area contributed by atoms with Gasteiger partial charge in [-0.2, -0.15) is 0 Å². The van der Waals surface area contributed by atoms with Crippen LogP contribution in [0.2, 0.25) is 0 Å². The van der Waals surface area contributed by atoms with Crippen molar-refractivity contribution in [2.75, 3.05) is 19.6 Å². The maximum absolute atomic E-state index is 9.76. The van der Waals surface area contributed by atoms with Crippen molar-refractivity contribution in [3.63, 3.8) is 0 Å². The molecule has 2 unspecified atom stereocenters. The molecular weight excluding hydrogens is 238 g/mol. The Labute approximate surface area is 120 Å². The first-order chi connectivity index (χ1) is 9.13. The first kappa shape index (κ1) is 18.9. The highest BCUT2D eigenvalue weighted by Crippen LogP contribution is 2.08. The van der Waals surface area contributed by atoms with Crippen LogP contribution >= 0.6 is 0 Å². The first-order valence-corrected chi connectivity index (χ1v) is 8.22. The highest BCUT2D eigenvalue weighted by atomic mass is 16.3. The Morgan fingerprint density at radius 1 is 0.737 bits per heavy atom. The topological polar surface area (TPSA) is 43.7 Å². The molecule has 3 nitrogen and oxygen atoms in total. The van der Waals surface area contributed by atoms with E-state index in [4.69, 9.17) is 0 Å². The van der Waals surface area contributed by atoms with Crippen LogP contribution in [-0.2, 0) is 0 Å². The van der Waals surface area contributed by atoms with Crippen LogP contribution < -0.4 is 0 Å². The minimum absolute atomic E-state index is 0.260. The SMILES string of the molecule is CCCCCCCCN(CC(O)CC)CC(O)CC. The maximum Gasteiger partial charge on any atom is 0.0664 e. The van der Waals surface area contributed by atoms with E-state index >= 15 is 0 Å². The van der Waals surface area contributed by atoms with Gasteiger partial charge in [0.05, 0.1) is 12.2 Å². The fourth-order valence-corrected chi connectivity index (χ4v) is 2.23. The number of aliphatic hydroxyl groups is 2. The summed E-state index contributed by atoms with van der Waals surface area (Å²) < 4.78 is 0. The summed E-state index contributed by atoms with van der Waals surface area (Å²) in [4.78, 5) is 2.22. The van der Waals surface area contributed by atoms with Gasteiger partial charge in [0.15, 0.2) is 0 Å². The molecule has 0 saturated carbocycles. The molecule has 3 heteroatoms. The molecule has 116 valence electrons. The van der Waals surface area contributed by atoms with E-state index in [2.05, 4.69) is 11.8 Å². The van der Waals surface area contributed by atoms with Gasteiger partial charge in [-0.05, 0) is 25.8 Å². The molecule has 0 aromatic carbocycles. The zero-order valence-electron chi connectivity index (χ0n) is 13.3. The summed E-state index contributed by atoms with van der Waals surface area (Å²) in [5.74, 6) is 0. The molecule has 0 spiro atoms. The molecule has 0 fully saturated rings. The molecule has 0 saturated heterocycles. The Morgan fingerprint density at radius 2 is 1.21 bits per heavy atom. The minimum Gasteiger partial charge on any atom is -0.392 e. The zero-order chi connectivity index (χ0) is 14.5. The highest BCUT2D eigenvalue weighted by molar-refractivity contribution is 4.67. The van der Waals surface area contributed by atoms with Crippen molar-refractivity contribution in [1.29, 1.82) is 0 Å². The Kier molecular flexibility index (Phi) is 12.8. The molecule has 0 amide bonds. The lowest BCUT2D eigenvalue weighted by molar-refractivity contribution is 0.0654. The molecule has 19 heavy (non-hydrogen) atoms. The smallest absolute Gasteiger partial charge is 0.0664 e. The Bertz CT molecular complexity index is 176. The fraction of sp³-hybridized carbons (Fsp3) is 1.00. The van der Waals surface area contributed by atoms with Gasteiger partial charge >= 0.3 is 0 Å². The van der Waals surface area contributed by atoms with E-state index in [-0.39, 0.29) is 12.2 Å². The third kappa shape index (κ3) is 11.4. The highest BCUT2D eigenvalue weighted by Gasteiger charge is 2.13. The quantitative estimate of drug-likeness (QED) is 0.507. The van der Waals surface area contributed by atoms with Gasteiger partial charge in [-0.1, -0.05) is 52.9 Å². The Morgan fingerprint density at radius 3 is 1.68 bits per heavy atom. The molecule has 0 radical (unpaired) electrons. The van der Waals surface area contributed by atoms with Crippen LogP contribution in [0.15, 0.2) is 0 Å². The van der Waals surface area contributed by atoms with E-state index in [1.54, 1.807) is 0 Å². The summed E-state index contributed by atoms with van der Waals surface area (Å²) in [6.07, 6.45) is 8.78. The third-order valence-corrected chi connectivity index (χ3v) is 3.71. The summed E-state index contributed by atoms with van der Waals surface area (Å²) in [7, 11) is 0. The molecule has 2 N–H and O–H groups in total. The average molecular weight is 273 g/mol. The molecule has 0 heterocycles. The number of rotatable bonds is 13. The molecule has 0 aromatic rings. The van der Waals surface area contributed by atoms with Crippen LogP contribution in [0.4, 0.5) is 0 Å². The van der Waals surface area contributed by atoms with Crippen molar-refractivity contribution >= 4 is 0 Å². The summed E-state index contributed by atoms with van der Waals surface area (Å²) in [6, 6.07) is 0. The van der Waals surface area contributed by atoms with Crippen LogP contribution in [0, 0.1) is 0 Å². The first-order valence-electron chi connectivity index (χ1n) is 8.22. The lowest BCUT2D eigenvalue weighted by Crippen LogP contribution is -2.38. The second kappa shape index (κ2) is 12.9. The summed E-state index contributed by atoms with van der Waals surface area (Å²) in [5.41, 5.74) is 0. The van der Waals surface area contributed by atoms with Crippen LogP contribution in [0.1, 0.15) is 72.1 Å². The van der Waals surface area contributed by atoms with Gasteiger partial charge in [0.2, 0.25) is 0 Å². The van der Waals surface area contributed by atoms with Gasteiger partial charge in [-0.15, -0.1) is 0 Å². The van der Waals surface area contributed by atoms with Crippen LogP contribution in [-0.4, -0.2) is 47.0 Å². The van der Waals surface area contributed by atoms with Crippen molar-refractivity contribution in [2.24, 2.45) is 0 Å². The number of nitrogens with zero attached hydrogens (tertiary/aromatic N) is 1. The average Bonchev–Trinajstić information content (AvgIpc) is 2.41. The van der Waals surface area contributed by atoms with Crippen LogP contribution in [0.25, 0.3) is 0 Å². The molecular formula is C16H35NO2. The van der Waals surface area contributed by atoms with Crippen molar-refractivity contribution in [2.45, 2.75) is 84.3 Å². The molecule has 0 aromatic heterocycles. The lowest BCUT2D eigenvalue weighted by Gasteiger charge is -2.26. The summed E-state index contributed by atoms with van der Waals surface area (Å²) in [6.45, 7) is 8.64. The monoisotopic (exact) mass is 273 g/mol. The molecule has 0 aliphatic carbocycles. The van der Waals surface area contributed by atoms with E-state index in [0.717, 1.165) is 19.4 Å². The fourth-order valence-electron chi connectivity index (χ4n) is 2.23. The number of aliphatic hydroxyl groups excluding tert-OH is 2. The minimum atomic E-state index is -0.260. The van der Waals surface area contributed by atoms with Gasteiger partial charge in [0.25, 0.3) is 0 Å². The van der Waals surface area contributed by atoms with Gasteiger partial charge in [0, 0.05) is 13.1 Å². The van der Waals surface area contributed by atoms with Gasteiger partial charge in [0.1, 0.15) is 0 Å². The predicted octanol–water partition coefficient (Wildman–Crippen LogP) is 3.19. The lowest BCUT2D eigenvalue weighted by atomic mass is 10.1. The third-order valence-electron chi connectivity index (χ3n) is 3.71.